The summed E-state index contributed by atoms with van der Waals surface area (Å²) in [7, 11) is 1.40. The van der Waals surface area contributed by atoms with E-state index in [-0.39, 0.29) is 12.6 Å². The first kappa shape index (κ1) is 15.8. The number of methoxy groups -OCH3 is 1. The summed E-state index contributed by atoms with van der Waals surface area (Å²) in [6.45, 7) is 4.25. The molecule has 3 N–H and O–H groups in total. The molecule has 1 aliphatic rings. The van der Waals surface area contributed by atoms with Gasteiger partial charge in [0.25, 0.3) is 0 Å². The minimum Gasteiger partial charge on any atom is -0.480 e. The summed E-state index contributed by atoms with van der Waals surface area (Å²) >= 11 is 0. The van der Waals surface area contributed by atoms with Crippen molar-refractivity contribution in [2.24, 2.45) is 11.8 Å². The highest BCUT2D eigenvalue weighted by Gasteiger charge is 2.33. The van der Waals surface area contributed by atoms with Crippen LogP contribution in [-0.4, -0.2) is 42.9 Å². The van der Waals surface area contributed by atoms with Gasteiger partial charge in [-0.3, -0.25) is 0 Å². The fourth-order valence-corrected chi connectivity index (χ4v) is 2.74. The topological polar surface area (TPSA) is 87.7 Å². The first-order chi connectivity index (χ1) is 8.99. The third kappa shape index (κ3) is 4.38. The van der Waals surface area contributed by atoms with Gasteiger partial charge in [0.05, 0.1) is 6.61 Å². The number of ether oxygens (including phenoxy) is 1. The van der Waals surface area contributed by atoms with Crippen LogP contribution in [0.3, 0.4) is 0 Å². The molecule has 0 aromatic heterocycles. The van der Waals surface area contributed by atoms with Crippen LogP contribution in [-0.2, 0) is 9.53 Å². The van der Waals surface area contributed by atoms with Gasteiger partial charge in [0.2, 0.25) is 0 Å². The number of aliphatic carboxylic acids is 1. The van der Waals surface area contributed by atoms with Crippen LogP contribution in [0, 0.1) is 11.8 Å². The lowest BCUT2D eigenvalue weighted by Gasteiger charge is -2.22. The molecule has 0 heterocycles. The molecule has 1 fully saturated rings. The second-order valence-corrected chi connectivity index (χ2v) is 5.18. The average Bonchev–Trinajstić information content (AvgIpc) is 2.69. The lowest BCUT2D eigenvalue weighted by atomic mass is 9.93. The zero-order valence-electron chi connectivity index (χ0n) is 11.8. The molecule has 0 spiro atoms. The third-order valence-electron chi connectivity index (χ3n) is 4.00. The van der Waals surface area contributed by atoms with Crippen molar-refractivity contribution >= 4 is 12.0 Å². The molecule has 4 atom stereocenters. The highest BCUT2D eigenvalue weighted by atomic mass is 16.5. The monoisotopic (exact) mass is 272 g/mol. The molecule has 6 nitrogen and oxygen atoms in total. The lowest BCUT2D eigenvalue weighted by molar-refractivity contribution is -0.140. The SMILES string of the molecule is CCC1CCC(NC(=O)NC(COC)C(=O)O)C1C. The first-order valence-corrected chi connectivity index (χ1v) is 6.78. The summed E-state index contributed by atoms with van der Waals surface area (Å²) in [5.74, 6) is -0.0242. The minimum atomic E-state index is -1.09. The van der Waals surface area contributed by atoms with Crippen LogP contribution in [0.25, 0.3) is 0 Å². The van der Waals surface area contributed by atoms with Crippen LogP contribution in [0.5, 0.6) is 0 Å². The van der Waals surface area contributed by atoms with Gasteiger partial charge in [0, 0.05) is 13.2 Å². The van der Waals surface area contributed by atoms with Crippen LogP contribution in [0.1, 0.15) is 33.1 Å². The van der Waals surface area contributed by atoms with Crippen molar-refractivity contribution in [3.8, 4) is 0 Å². The molecule has 4 unspecified atom stereocenters. The largest absolute Gasteiger partial charge is 0.480 e. The second kappa shape index (κ2) is 7.33. The van der Waals surface area contributed by atoms with Crippen molar-refractivity contribution < 1.29 is 19.4 Å². The van der Waals surface area contributed by atoms with Crippen LogP contribution >= 0.6 is 0 Å². The molecule has 0 aromatic rings. The third-order valence-corrected chi connectivity index (χ3v) is 4.00. The molecule has 0 aromatic carbocycles. The Morgan fingerprint density at radius 1 is 1.42 bits per heavy atom. The smallest absolute Gasteiger partial charge is 0.328 e. The number of hydrogen-bond acceptors (Lipinski definition) is 3. The molecule has 2 amide bonds. The zero-order chi connectivity index (χ0) is 14.4. The summed E-state index contributed by atoms with van der Waals surface area (Å²) in [6, 6.07) is -1.32. The number of carbonyl (C=O) groups excluding carboxylic acids is 1. The number of carbonyl (C=O) groups is 2. The van der Waals surface area contributed by atoms with E-state index in [9.17, 15) is 9.59 Å². The molecular weight excluding hydrogens is 248 g/mol. The van der Waals surface area contributed by atoms with Crippen molar-refractivity contribution in [3.63, 3.8) is 0 Å². The van der Waals surface area contributed by atoms with E-state index < -0.39 is 18.0 Å². The van der Waals surface area contributed by atoms with E-state index in [0.29, 0.717) is 11.8 Å². The van der Waals surface area contributed by atoms with Crippen molar-refractivity contribution in [2.45, 2.75) is 45.2 Å². The van der Waals surface area contributed by atoms with Crippen molar-refractivity contribution in [1.82, 2.24) is 10.6 Å². The Labute approximate surface area is 113 Å². The minimum absolute atomic E-state index is 0.0411. The molecule has 1 aliphatic carbocycles. The maximum atomic E-state index is 11.8. The van der Waals surface area contributed by atoms with E-state index in [2.05, 4.69) is 24.5 Å². The average molecular weight is 272 g/mol. The Morgan fingerprint density at radius 2 is 2.11 bits per heavy atom. The van der Waals surface area contributed by atoms with E-state index in [1.165, 1.54) is 7.11 Å². The van der Waals surface area contributed by atoms with E-state index >= 15 is 0 Å². The van der Waals surface area contributed by atoms with Crippen molar-refractivity contribution in [2.75, 3.05) is 13.7 Å². The molecule has 19 heavy (non-hydrogen) atoms. The van der Waals surface area contributed by atoms with Crippen LogP contribution in [0.4, 0.5) is 4.79 Å². The number of urea groups is 1. The van der Waals surface area contributed by atoms with Gasteiger partial charge in [-0.2, -0.15) is 0 Å². The Morgan fingerprint density at radius 3 is 2.58 bits per heavy atom. The zero-order valence-corrected chi connectivity index (χ0v) is 11.8. The summed E-state index contributed by atoms with van der Waals surface area (Å²) < 4.78 is 4.77. The van der Waals surface area contributed by atoms with Gasteiger partial charge in [0.1, 0.15) is 0 Å². The molecule has 6 heteroatoms. The van der Waals surface area contributed by atoms with Crippen molar-refractivity contribution in [3.05, 3.63) is 0 Å². The predicted molar refractivity (Wildman–Crippen MR) is 70.9 cm³/mol. The van der Waals surface area contributed by atoms with E-state index in [0.717, 1.165) is 19.3 Å². The van der Waals surface area contributed by atoms with Gasteiger partial charge in [-0.1, -0.05) is 20.3 Å². The Bertz CT molecular complexity index is 322. The summed E-state index contributed by atoms with van der Waals surface area (Å²) in [5, 5.41) is 14.2. The van der Waals surface area contributed by atoms with Gasteiger partial charge < -0.3 is 20.5 Å². The Kier molecular flexibility index (Phi) is 6.08. The maximum absolute atomic E-state index is 11.8. The molecule has 0 aliphatic heterocycles. The van der Waals surface area contributed by atoms with Gasteiger partial charge in [-0.25, -0.2) is 9.59 Å². The van der Waals surface area contributed by atoms with Crippen LogP contribution in [0.2, 0.25) is 0 Å². The van der Waals surface area contributed by atoms with E-state index in [4.69, 9.17) is 9.84 Å². The summed E-state index contributed by atoms with van der Waals surface area (Å²) in [4.78, 5) is 22.7. The van der Waals surface area contributed by atoms with E-state index in [1.807, 2.05) is 0 Å². The molecule has 0 radical (unpaired) electrons. The van der Waals surface area contributed by atoms with Gasteiger partial charge in [-0.15, -0.1) is 0 Å². The number of amides is 2. The van der Waals surface area contributed by atoms with Crippen molar-refractivity contribution in [1.29, 1.82) is 0 Å². The van der Waals surface area contributed by atoms with Crippen LogP contribution < -0.4 is 10.6 Å². The second-order valence-electron chi connectivity index (χ2n) is 5.18. The summed E-state index contributed by atoms with van der Waals surface area (Å²) in [6.07, 6.45) is 3.18. The number of nitrogens with one attached hydrogen (secondary N) is 2. The fraction of sp³-hybridized carbons (Fsp3) is 0.846. The number of hydrogen-bond donors (Lipinski definition) is 3. The normalized spacial score (nSPS) is 27.8. The quantitative estimate of drug-likeness (QED) is 0.678. The number of rotatable bonds is 6. The Balaban J connectivity index is 2.44. The highest BCUT2D eigenvalue weighted by Crippen LogP contribution is 2.33. The fourth-order valence-electron chi connectivity index (χ4n) is 2.74. The van der Waals surface area contributed by atoms with E-state index in [1.54, 1.807) is 0 Å². The molecule has 1 rings (SSSR count). The maximum Gasteiger partial charge on any atom is 0.328 e. The first-order valence-electron chi connectivity index (χ1n) is 6.78. The van der Waals surface area contributed by atoms with Gasteiger partial charge in [0.15, 0.2) is 6.04 Å². The van der Waals surface area contributed by atoms with Crippen LogP contribution in [0.15, 0.2) is 0 Å². The predicted octanol–water partition coefficient (Wildman–Crippen LogP) is 1.21. The van der Waals surface area contributed by atoms with Gasteiger partial charge >= 0.3 is 12.0 Å². The highest BCUT2D eigenvalue weighted by molar-refractivity contribution is 5.82. The molecule has 0 bridgehead atoms. The Hall–Kier alpha value is -1.30. The number of carboxylic acid groups (broad SMARTS) is 1. The molecule has 1 saturated carbocycles. The molecule has 110 valence electrons. The summed E-state index contributed by atoms with van der Waals surface area (Å²) in [5.41, 5.74) is 0. The molecule has 0 saturated heterocycles. The number of carboxylic acids is 1. The molecular formula is C13H24N2O4. The standard InChI is InChI=1S/C13H24N2O4/c1-4-9-5-6-10(8(9)2)14-13(18)15-11(7-19-3)12(16)17/h8-11H,4-7H2,1-3H3,(H,16,17)(H2,14,15,18). The lowest BCUT2D eigenvalue weighted by Crippen LogP contribution is -2.51. The van der Waals surface area contributed by atoms with Gasteiger partial charge in [-0.05, 0) is 24.7 Å².